The van der Waals surface area contributed by atoms with Crippen molar-refractivity contribution < 1.29 is 78.7 Å². The molecule has 0 spiro atoms. The van der Waals surface area contributed by atoms with E-state index in [2.05, 4.69) is 24.5 Å². The van der Waals surface area contributed by atoms with Gasteiger partial charge in [0.25, 0.3) is 30.4 Å². The van der Waals surface area contributed by atoms with Crippen LogP contribution in [0.2, 0.25) is 0 Å². The fourth-order valence-electron chi connectivity index (χ4n) is 9.72. The van der Waals surface area contributed by atoms with Gasteiger partial charge in [-0.25, -0.2) is 22.1 Å². The Kier molecular flexibility index (Phi) is 17.2. The number of rotatable bonds is 13. The molecule has 4 aromatic rings. The van der Waals surface area contributed by atoms with E-state index < -0.39 is 108 Å². The Hall–Kier alpha value is -5.37. The number of halogens is 4. The summed E-state index contributed by atoms with van der Waals surface area (Å²) < 4.78 is 195. The maximum atomic E-state index is 17.0. The summed E-state index contributed by atoms with van der Waals surface area (Å²) in [6.07, 6.45) is 5.07. The van der Waals surface area contributed by atoms with Gasteiger partial charge < -0.3 is 4.90 Å². The lowest BCUT2D eigenvalue weighted by atomic mass is 9.67. The van der Waals surface area contributed by atoms with Crippen molar-refractivity contribution in [3.8, 4) is 0 Å². The van der Waals surface area contributed by atoms with Crippen LogP contribution in [0.15, 0.2) is 70.5 Å². The highest BCUT2D eigenvalue weighted by Gasteiger charge is 2.43. The van der Waals surface area contributed by atoms with Gasteiger partial charge >= 0.3 is 16.8 Å². The predicted molar refractivity (Wildman–Crippen MR) is 264 cm³/mol. The van der Waals surface area contributed by atoms with Gasteiger partial charge in [0.15, 0.2) is 28.8 Å². The molecule has 2 heterocycles. The summed E-state index contributed by atoms with van der Waals surface area (Å²) in [7, 11) is -16.8. The maximum absolute atomic E-state index is 17.0. The molecule has 3 N–H and O–H groups in total. The smallest absolute Gasteiger partial charge is 0.362 e. The minimum Gasteiger partial charge on any atom is -0.362 e. The Morgan fingerprint density at radius 2 is 1.32 bits per heavy atom. The topological polar surface area (TPSA) is 255 Å². The standard InChI is InChI=1S/C47H50F4N2O9S4.CO2.O3S/c1-9-15-52-36-21-34-32(19-30(36)26(2)23-45(52,3)4)38(39-40(48)42(50)44(43(51)41(39)49)63-17-18-64(54,55)56)33-20-31-28(25-65(57,58)59)24-46(5,6)53(37(31)22-35(33)47(34,7)8)16-14-27-10-12-29(13-11-27)66(60,61)62;2-1-3;1-4(2)3/h10-13,19-24H,9,14-18,25H2,1-8H3,(H2-,54,55,56,57,58,59,60,61,62);;/p+1. The molecule has 0 aromatic heterocycles. The highest BCUT2D eigenvalue weighted by atomic mass is 32.2. The first kappa shape index (κ1) is 58.5. The number of fused-ring (bicyclic) bond motifs is 4. The number of benzene rings is 4. The van der Waals surface area contributed by atoms with Gasteiger partial charge in [-0.05, 0) is 102 Å². The largest absolute Gasteiger partial charge is 0.425 e. The summed E-state index contributed by atoms with van der Waals surface area (Å²) >= 11 is 0.185. The molecule has 25 heteroatoms. The Morgan fingerprint density at radius 1 is 0.753 bits per heavy atom. The summed E-state index contributed by atoms with van der Waals surface area (Å²) in [5.74, 6) is -9.51. The number of carbonyl (C=O) groups excluding carboxylic acids is 2. The van der Waals surface area contributed by atoms with E-state index >= 15 is 17.6 Å². The number of allylic oxidation sites excluding steroid dienone is 1. The fourth-order valence-corrected chi connectivity index (χ4v) is 12.6. The van der Waals surface area contributed by atoms with E-state index in [1.54, 1.807) is 30.3 Å². The van der Waals surface area contributed by atoms with Crippen molar-refractivity contribution in [2.75, 3.05) is 35.2 Å². The van der Waals surface area contributed by atoms with E-state index in [1.165, 1.54) is 18.2 Å². The molecule has 3 aliphatic rings. The van der Waals surface area contributed by atoms with Crippen molar-refractivity contribution in [3.05, 3.63) is 133 Å². The van der Waals surface area contributed by atoms with Gasteiger partial charge in [0.2, 0.25) is 5.36 Å². The van der Waals surface area contributed by atoms with Crippen LogP contribution in [0.25, 0.3) is 16.7 Å². The third kappa shape index (κ3) is 12.6. The van der Waals surface area contributed by atoms with E-state index in [9.17, 15) is 38.9 Å². The molecular weight excluding hydrogens is 1060 g/mol. The summed E-state index contributed by atoms with van der Waals surface area (Å²) in [5, 5.41) is 1.08. The van der Waals surface area contributed by atoms with Gasteiger partial charge in [-0.3, -0.25) is 13.7 Å². The zero-order valence-electron chi connectivity index (χ0n) is 40.5. The maximum Gasteiger partial charge on any atom is 0.425 e. The quantitative estimate of drug-likeness (QED) is 0.0458. The van der Waals surface area contributed by atoms with E-state index in [-0.39, 0.29) is 56.8 Å². The Bertz CT molecular complexity index is 3600. The average Bonchev–Trinajstić information content (AvgIpc) is 3.24. The predicted octanol–water partition coefficient (Wildman–Crippen LogP) is 5.98. The summed E-state index contributed by atoms with van der Waals surface area (Å²) in [6, 6.07) is 12.7. The molecule has 4 aromatic carbocycles. The first-order valence-corrected chi connectivity index (χ1v) is 28.6. The van der Waals surface area contributed by atoms with Crippen LogP contribution in [-0.4, -0.2) is 99.1 Å². The minimum absolute atomic E-state index is 0.124. The van der Waals surface area contributed by atoms with Crippen LogP contribution in [0.5, 0.6) is 0 Å². The molecule has 73 heavy (non-hydrogen) atoms. The Balaban J connectivity index is 0.00000133. The fraction of sp³-hybridized carbons (Fsp3) is 0.375. The molecule has 0 radical (unpaired) electrons. The number of anilines is 1. The number of hydrogen-bond acceptors (Lipinski definition) is 13. The minimum atomic E-state index is -4.70. The molecule has 0 fully saturated rings. The number of hydrogen-bond donors (Lipinski definition) is 3. The van der Waals surface area contributed by atoms with E-state index in [0.717, 1.165) is 17.4 Å². The molecule has 1 aliphatic carbocycles. The van der Waals surface area contributed by atoms with Gasteiger partial charge in [0.05, 0.1) is 26.6 Å². The van der Waals surface area contributed by atoms with Crippen molar-refractivity contribution in [2.24, 2.45) is 0 Å². The van der Waals surface area contributed by atoms with Gasteiger partial charge in [-0.1, -0.05) is 39.0 Å². The van der Waals surface area contributed by atoms with Crippen LogP contribution in [0, 0.1) is 23.3 Å². The lowest BCUT2D eigenvalue weighted by Crippen LogP contribution is -2.51. The highest BCUT2D eigenvalue weighted by molar-refractivity contribution is 8.00. The number of thioether (sulfide) groups is 1. The molecule has 0 unspecified atom stereocenters. The van der Waals surface area contributed by atoms with E-state index in [0.29, 0.717) is 40.9 Å². The molecule has 0 atom stereocenters. The van der Waals surface area contributed by atoms with Gasteiger partial charge in [0, 0.05) is 66.4 Å². The second kappa shape index (κ2) is 21.5. The van der Waals surface area contributed by atoms with Crippen LogP contribution in [0.1, 0.15) is 101 Å². The van der Waals surface area contributed by atoms with Crippen LogP contribution in [-0.2, 0) is 62.4 Å². The first-order chi connectivity index (χ1) is 33.5. The molecule has 0 saturated carbocycles. The second-order valence-electron chi connectivity index (χ2n) is 18.9. The van der Waals surface area contributed by atoms with Crippen LogP contribution < -0.4 is 20.1 Å². The zero-order valence-corrected chi connectivity index (χ0v) is 44.6. The van der Waals surface area contributed by atoms with Crippen molar-refractivity contribution in [3.63, 3.8) is 0 Å². The average molecular weight is 1120 g/mol. The van der Waals surface area contributed by atoms with Gasteiger partial charge in [-0.15, -0.1) is 24.4 Å². The summed E-state index contributed by atoms with van der Waals surface area (Å²) in [6.45, 7) is 16.5. The lowest BCUT2D eigenvalue weighted by Gasteiger charge is -2.45. The molecule has 0 saturated heterocycles. The van der Waals surface area contributed by atoms with Crippen molar-refractivity contribution in [1.82, 2.24) is 4.58 Å². The third-order valence-corrected chi connectivity index (χ3v) is 16.3. The highest BCUT2D eigenvalue weighted by Crippen LogP contribution is 2.49. The van der Waals surface area contributed by atoms with Crippen LogP contribution in [0.4, 0.5) is 23.2 Å². The molecule has 394 valence electrons. The van der Waals surface area contributed by atoms with Gasteiger partial charge in [0.1, 0.15) is 12.3 Å². The molecule has 0 amide bonds. The molecule has 2 aliphatic heterocycles. The first-order valence-electron chi connectivity index (χ1n) is 22.0. The molecular formula is C48H51F4N2O14S5+. The van der Waals surface area contributed by atoms with Crippen molar-refractivity contribution in [1.29, 1.82) is 0 Å². The van der Waals surface area contributed by atoms with Crippen molar-refractivity contribution in [2.45, 2.75) is 94.5 Å². The van der Waals surface area contributed by atoms with Crippen LogP contribution in [0.3, 0.4) is 0 Å². The lowest BCUT2D eigenvalue weighted by molar-refractivity contribution is -0.191. The third-order valence-electron chi connectivity index (χ3n) is 12.7. The SMILES string of the molecule is CCC[N+]1=c2cc3c(cc2C(C)=CC1(C)C)=C(c1c(F)c(F)c(SCCS(=O)(=O)O)c(F)c1F)c1cc2c(cc1C3(C)C)N(CCc1ccc(S(=O)(=O)O)cc1)C(C)(C)C=C2CS(=O)(=O)O.O=C=O.O=S(=O)=O. The number of nitrogens with zero attached hydrogens (tertiary/aromatic N) is 2. The second-order valence-corrected chi connectivity index (χ2v) is 24.9. The Morgan fingerprint density at radius 3 is 1.82 bits per heavy atom. The van der Waals surface area contributed by atoms with Gasteiger partial charge in [-0.2, -0.15) is 34.8 Å². The summed E-state index contributed by atoms with van der Waals surface area (Å²) in [5.41, 5.74) is 0.561. The summed E-state index contributed by atoms with van der Waals surface area (Å²) in [4.78, 5) is 16.8. The van der Waals surface area contributed by atoms with E-state index in [4.69, 9.17) is 22.2 Å². The molecule has 7 rings (SSSR count). The van der Waals surface area contributed by atoms with E-state index in [1.807, 2.05) is 52.5 Å². The Labute approximate surface area is 425 Å². The monoisotopic (exact) mass is 1120 g/mol. The molecule has 16 nitrogen and oxygen atoms in total. The van der Waals surface area contributed by atoms with Crippen LogP contribution >= 0.6 is 11.8 Å². The normalized spacial score (nSPS) is 16.2. The zero-order chi connectivity index (χ0) is 55.1. The van der Waals surface area contributed by atoms with Crippen molar-refractivity contribution >= 4 is 81.3 Å². The molecule has 0 bridgehead atoms.